The van der Waals surface area contributed by atoms with Gasteiger partial charge in [0, 0.05) is 23.3 Å². The molecule has 0 radical (unpaired) electrons. The van der Waals surface area contributed by atoms with E-state index < -0.39 is 6.10 Å². The third-order valence-corrected chi connectivity index (χ3v) is 3.98. The maximum Gasteiger partial charge on any atom is 0.123 e. The van der Waals surface area contributed by atoms with Crippen molar-refractivity contribution in [2.75, 3.05) is 4.90 Å². The van der Waals surface area contributed by atoms with Crippen LogP contribution in [-0.2, 0) is 0 Å². The zero-order chi connectivity index (χ0) is 13.3. The van der Waals surface area contributed by atoms with E-state index in [4.69, 9.17) is 0 Å². The molecule has 0 bridgehead atoms. The molecule has 1 aromatic rings. The molecule has 0 saturated carbocycles. The van der Waals surface area contributed by atoms with E-state index in [-0.39, 0.29) is 5.82 Å². The number of benzene rings is 1. The van der Waals surface area contributed by atoms with Crippen molar-refractivity contribution in [1.82, 2.24) is 0 Å². The summed E-state index contributed by atoms with van der Waals surface area (Å²) in [5.74, 6) is -0.283. The van der Waals surface area contributed by atoms with Gasteiger partial charge in [-0.15, -0.1) is 0 Å². The molecule has 1 fully saturated rings. The molecule has 0 amide bonds. The Morgan fingerprint density at radius 1 is 1.44 bits per heavy atom. The molecule has 1 heterocycles. The third kappa shape index (κ3) is 2.37. The summed E-state index contributed by atoms with van der Waals surface area (Å²) in [6.07, 6.45) is 2.78. The second-order valence-corrected chi connectivity index (χ2v) is 5.27. The van der Waals surface area contributed by atoms with Crippen molar-refractivity contribution in [2.24, 2.45) is 0 Å². The van der Waals surface area contributed by atoms with Crippen LogP contribution < -0.4 is 4.90 Å². The summed E-state index contributed by atoms with van der Waals surface area (Å²) in [4.78, 5) is 2.35. The molecule has 100 valence electrons. The molecule has 18 heavy (non-hydrogen) atoms. The number of halogens is 1. The van der Waals surface area contributed by atoms with Crippen LogP contribution in [0.3, 0.4) is 0 Å². The monoisotopic (exact) mass is 251 g/mol. The standard InChI is InChI=1S/C15H22FNO/c1-4-13-7-5-10(2)17(13)15-8-6-12(16)9-14(15)11(3)18/h6,8-11,13,18H,4-5,7H2,1-3H3/t10?,11-,13?/m1/s1. The Hall–Kier alpha value is -1.09. The molecule has 3 atom stereocenters. The number of anilines is 1. The summed E-state index contributed by atoms with van der Waals surface area (Å²) in [6, 6.07) is 5.71. The van der Waals surface area contributed by atoms with Crippen molar-refractivity contribution in [1.29, 1.82) is 0 Å². The van der Waals surface area contributed by atoms with Gasteiger partial charge in [0.2, 0.25) is 0 Å². The first-order chi connectivity index (χ1) is 8.54. The summed E-state index contributed by atoms with van der Waals surface area (Å²) in [5.41, 5.74) is 1.69. The molecule has 2 rings (SSSR count). The van der Waals surface area contributed by atoms with Gasteiger partial charge < -0.3 is 10.0 Å². The minimum Gasteiger partial charge on any atom is -0.389 e. The van der Waals surface area contributed by atoms with Crippen LogP contribution in [0, 0.1) is 5.82 Å². The largest absolute Gasteiger partial charge is 0.389 e. The first-order valence-electron chi connectivity index (χ1n) is 6.80. The highest BCUT2D eigenvalue weighted by atomic mass is 19.1. The molecule has 0 aromatic heterocycles. The van der Waals surface area contributed by atoms with E-state index in [1.165, 1.54) is 18.6 Å². The van der Waals surface area contributed by atoms with Crippen LogP contribution in [0.25, 0.3) is 0 Å². The van der Waals surface area contributed by atoms with Gasteiger partial charge in [-0.1, -0.05) is 6.92 Å². The highest BCUT2D eigenvalue weighted by Crippen LogP contribution is 2.36. The first-order valence-corrected chi connectivity index (χ1v) is 6.80. The van der Waals surface area contributed by atoms with E-state index in [1.54, 1.807) is 6.92 Å². The molecule has 1 saturated heterocycles. The fourth-order valence-corrected chi connectivity index (χ4v) is 3.00. The molecule has 1 aliphatic heterocycles. The fraction of sp³-hybridized carbons (Fsp3) is 0.600. The second kappa shape index (κ2) is 5.27. The van der Waals surface area contributed by atoms with Gasteiger partial charge >= 0.3 is 0 Å². The Labute approximate surface area is 108 Å². The summed E-state index contributed by atoms with van der Waals surface area (Å²) >= 11 is 0. The van der Waals surface area contributed by atoms with Gasteiger partial charge in [-0.2, -0.15) is 0 Å². The minimum absolute atomic E-state index is 0.283. The van der Waals surface area contributed by atoms with E-state index in [1.807, 2.05) is 6.07 Å². The lowest BCUT2D eigenvalue weighted by atomic mass is 10.0. The fourth-order valence-electron chi connectivity index (χ4n) is 3.00. The molecule has 0 aliphatic carbocycles. The van der Waals surface area contributed by atoms with E-state index in [0.29, 0.717) is 17.6 Å². The van der Waals surface area contributed by atoms with Crippen LogP contribution in [0.1, 0.15) is 51.7 Å². The van der Waals surface area contributed by atoms with Gasteiger partial charge in [-0.3, -0.25) is 0 Å². The predicted octanol–water partition coefficient (Wildman–Crippen LogP) is 3.65. The van der Waals surface area contributed by atoms with Crippen molar-refractivity contribution in [2.45, 2.75) is 58.2 Å². The van der Waals surface area contributed by atoms with E-state index in [9.17, 15) is 9.50 Å². The summed E-state index contributed by atoms with van der Waals surface area (Å²) in [6.45, 7) is 6.08. The van der Waals surface area contributed by atoms with Crippen molar-refractivity contribution in [3.8, 4) is 0 Å². The van der Waals surface area contributed by atoms with Crippen molar-refractivity contribution in [3.63, 3.8) is 0 Å². The van der Waals surface area contributed by atoms with Crippen molar-refractivity contribution in [3.05, 3.63) is 29.6 Å². The van der Waals surface area contributed by atoms with Crippen LogP contribution in [0.15, 0.2) is 18.2 Å². The molecule has 3 heteroatoms. The zero-order valence-electron chi connectivity index (χ0n) is 11.4. The summed E-state index contributed by atoms with van der Waals surface area (Å²) < 4.78 is 13.3. The van der Waals surface area contributed by atoms with Gasteiger partial charge in [-0.05, 0) is 51.3 Å². The highest BCUT2D eigenvalue weighted by molar-refractivity contribution is 5.57. The SMILES string of the molecule is CCC1CCC(C)N1c1ccc(F)cc1[C@@H](C)O. The lowest BCUT2D eigenvalue weighted by molar-refractivity contribution is 0.199. The Morgan fingerprint density at radius 2 is 2.17 bits per heavy atom. The summed E-state index contributed by atoms with van der Waals surface area (Å²) in [5, 5.41) is 9.84. The summed E-state index contributed by atoms with van der Waals surface area (Å²) in [7, 11) is 0. The van der Waals surface area contributed by atoms with Crippen LogP contribution in [0.5, 0.6) is 0 Å². The van der Waals surface area contributed by atoms with E-state index in [0.717, 1.165) is 18.5 Å². The van der Waals surface area contributed by atoms with Gasteiger partial charge in [0.1, 0.15) is 5.82 Å². The Morgan fingerprint density at radius 3 is 2.78 bits per heavy atom. The molecule has 2 nitrogen and oxygen atoms in total. The van der Waals surface area contributed by atoms with Crippen molar-refractivity contribution >= 4 is 5.69 Å². The Kier molecular flexibility index (Phi) is 3.91. The van der Waals surface area contributed by atoms with Gasteiger partial charge in [0.15, 0.2) is 0 Å². The van der Waals surface area contributed by atoms with Crippen molar-refractivity contribution < 1.29 is 9.50 Å². The van der Waals surface area contributed by atoms with Crippen LogP contribution in [-0.4, -0.2) is 17.2 Å². The topological polar surface area (TPSA) is 23.5 Å². The number of hydrogen-bond acceptors (Lipinski definition) is 2. The number of hydrogen-bond donors (Lipinski definition) is 1. The number of aliphatic hydroxyl groups is 1. The molecule has 2 unspecified atom stereocenters. The van der Waals surface area contributed by atoms with Crippen LogP contribution in [0.4, 0.5) is 10.1 Å². The molecular weight excluding hydrogens is 229 g/mol. The van der Waals surface area contributed by atoms with Gasteiger partial charge in [0.05, 0.1) is 6.10 Å². The lowest BCUT2D eigenvalue weighted by Gasteiger charge is -2.32. The molecule has 1 aliphatic rings. The van der Waals surface area contributed by atoms with Gasteiger partial charge in [-0.25, -0.2) is 4.39 Å². The second-order valence-electron chi connectivity index (χ2n) is 5.27. The van der Waals surface area contributed by atoms with Crippen LogP contribution >= 0.6 is 0 Å². The normalized spacial score (nSPS) is 25.5. The zero-order valence-corrected chi connectivity index (χ0v) is 11.4. The molecule has 0 spiro atoms. The van der Waals surface area contributed by atoms with E-state index in [2.05, 4.69) is 18.7 Å². The maximum absolute atomic E-state index is 13.3. The number of aliphatic hydroxyl groups excluding tert-OH is 1. The first kappa shape index (κ1) is 13.3. The Bertz CT molecular complexity index is 419. The highest BCUT2D eigenvalue weighted by Gasteiger charge is 2.31. The molecule has 1 aromatic carbocycles. The average Bonchev–Trinajstić information content (AvgIpc) is 2.70. The third-order valence-electron chi connectivity index (χ3n) is 3.98. The van der Waals surface area contributed by atoms with Crippen LogP contribution in [0.2, 0.25) is 0 Å². The lowest BCUT2D eigenvalue weighted by Crippen LogP contribution is -2.35. The minimum atomic E-state index is -0.638. The quantitative estimate of drug-likeness (QED) is 0.886. The van der Waals surface area contributed by atoms with E-state index >= 15 is 0 Å². The smallest absolute Gasteiger partial charge is 0.123 e. The maximum atomic E-state index is 13.3. The molecular formula is C15H22FNO. The number of rotatable bonds is 3. The molecule has 1 N–H and O–H groups in total. The average molecular weight is 251 g/mol. The van der Waals surface area contributed by atoms with Gasteiger partial charge in [0.25, 0.3) is 0 Å². The Balaban J connectivity index is 2.43. The predicted molar refractivity (Wildman–Crippen MR) is 72.3 cm³/mol. The number of nitrogens with zero attached hydrogens (tertiary/aromatic N) is 1.